The molecule has 15 heavy (non-hydrogen) atoms. The Morgan fingerprint density at radius 1 is 1.47 bits per heavy atom. The fourth-order valence-electron chi connectivity index (χ4n) is 1.12. The molecule has 0 saturated carbocycles. The van der Waals surface area contributed by atoms with Gasteiger partial charge in [0.2, 0.25) is 0 Å². The van der Waals surface area contributed by atoms with Crippen LogP contribution in [-0.2, 0) is 0 Å². The average molecular weight is 229 g/mol. The van der Waals surface area contributed by atoms with Gasteiger partial charge in [-0.15, -0.1) is 0 Å². The Hall–Kier alpha value is -1.62. The zero-order valence-corrected chi connectivity index (χ0v) is 8.99. The van der Waals surface area contributed by atoms with Crippen molar-refractivity contribution in [1.82, 2.24) is 0 Å². The van der Waals surface area contributed by atoms with E-state index in [4.69, 9.17) is 11.6 Å². The largest absolute Gasteiger partial charge is 0.377 e. The van der Waals surface area contributed by atoms with E-state index in [-0.39, 0.29) is 16.3 Å². The lowest BCUT2D eigenvalue weighted by Gasteiger charge is -2.13. The molecule has 0 saturated heterocycles. The van der Waals surface area contributed by atoms with E-state index in [1.54, 1.807) is 19.0 Å². The first-order valence-electron chi connectivity index (χ1n) is 4.07. The van der Waals surface area contributed by atoms with Crippen LogP contribution in [0.15, 0.2) is 12.1 Å². The molecule has 0 spiro atoms. The molecule has 0 aliphatic carbocycles. The van der Waals surface area contributed by atoms with Gasteiger partial charge in [0.15, 0.2) is 6.29 Å². The first-order chi connectivity index (χ1) is 6.97. The van der Waals surface area contributed by atoms with Crippen molar-refractivity contribution >= 4 is 29.3 Å². The van der Waals surface area contributed by atoms with E-state index in [0.29, 0.717) is 12.0 Å². The van der Waals surface area contributed by atoms with Gasteiger partial charge in [0, 0.05) is 25.8 Å². The number of halogens is 1. The van der Waals surface area contributed by atoms with Crippen LogP contribution in [0.3, 0.4) is 0 Å². The van der Waals surface area contributed by atoms with Crippen LogP contribution in [0.4, 0.5) is 11.4 Å². The number of hydrogen-bond donors (Lipinski definition) is 0. The summed E-state index contributed by atoms with van der Waals surface area (Å²) in [5.41, 5.74) is 0.214. The van der Waals surface area contributed by atoms with Crippen molar-refractivity contribution in [3.05, 3.63) is 32.8 Å². The monoisotopic (exact) mass is 228 g/mol. The van der Waals surface area contributed by atoms with E-state index in [1.165, 1.54) is 12.1 Å². The van der Waals surface area contributed by atoms with E-state index < -0.39 is 4.92 Å². The minimum absolute atomic E-state index is 0.0860. The molecule has 0 unspecified atom stereocenters. The molecule has 1 aromatic carbocycles. The highest BCUT2D eigenvalue weighted by molar-refractivity contribution is 6.33. The predicted octanol–water partition coefficient (Wildman–Crippen LogP) is 2.13. The van der Waals surface area contributed by atoms with Gasteiger partial charge in [0.1, 0.15) is 5.56 Å². The van der Waals surface area contributed by atoms with Gasteiger partial charge in [0.05, 0.1) is 9.95 Å². The molecule has 0 amide bonds. The number of benzene rings is 1. The van der Waals surface area contributed by atoms with Crippen molar-refractivity contribution in [2.24, 2.45) is 0 Å². The smallest absolute Gasteiger partial charge is 0.283 e. The van der Waals surface area contributed by atoms with E-state index in [9.17, 15) is 14.9 Å². The van der Waals surface area contributed by atoms with Crippen molar-refractivity contribution in [3.63, 3.8) is 0 Å². The fourth-order valence-corrected chi connectivity index (χ4v) is 1.37. The number of nitro benzene ring substituents is 1. The first-order valence-corrected chi connectivity index (χ1v) is 4.45. The van der Waals surface area contributed by atoms with Crippen LogP contribution < -0.4 is 4.90 Å². The van der Waals surface area contributed by atoms with E-state index in [2.05, 4.69) is 0 Å². The van der Waals surface area contributed by atoms with Crippen molar-refractivity contribution in [2.45, 2.75) is 0 Å². The number of anilines is 1. The molecule has 0 bridgehead atoms. The van der Waals surface area contributed by atoms with E-state index in [1.807, 2.05) is 0 Å². The lowest BCUT2D eigenvalue weighted by Crippen LogP contribution is -2.09. The summed E-state index contributed by atoms with van der Waals surface area (Å²) in [6.45, 7) is 0. The topological polar surface area (TPSA) is 63.5 Å². The quantitative estimate of drug-likeness (QED) is 0.452. The third kappa shape index (κ3) is 2.24. The molecule has 5 nitrogen and oxygen atoms in total. The highest BCUT2D eigenvalue weighted by atomic mass is 35.5. The molecule has 0 aliphatic rings. The number of hydrogen-bond acceptors (Lipinski definition) is 4. The first kappa shape index (κ1) is 11.5. The van der Waals surface area contributed by atoms with Crippen LogP contribution in [0.2, 0.25) is 5.02 Å². The van der Waals surface area contributed by atoms with Crippen molar-refractivity contribution in [1.29, 1.82) is 0 Å². The van der Waals surface area contributed by atoms with Crippen molar-refractivity contribution < 1.29 is 9.72 Å². The average Bonchev–Trinajstić information content (AvgIpc) is 2.16. The molecule has 0 N–H and O–H groups in total. The maximum Gasteiger partial charge on any atom is 0.283 e. The number of nitro groups is 1. The van der Waals surface area contributed by atoms with Crippen LogP contribution in [0.25, 0.3) is 0 Å². The van der Waals surface area contributed by atoms with Crippen LogP contribution >= 0.6 is 11.6 Å². The zero-order chi connectivity index (χ0) is 11.6. The zero-order valence-electron chi connectivity index (χ0n) is 8.23. The van der Waals surface area contributed by atoms with Gasteiger partial charge < -0.3 is 4.90 Å². The molecule has 0 aliphatic heterocycles. The summed E-state index contributed by atoms with van der Waals surface area (Å²) >= 11 is 5.76. The van der Waals surface area contributed by atoms with Gasteiger partial charge in [-0.25, -0.2) is 0 Å². The summed E-state index contributed by atoms with van der Waals surface area (Å²) < 4.78 is 0. The lowest BCUT2D eigenvalue weighted by molar-refractivity contribution is -0.385. The summed E-state index contributed by atoms with van der Waals surface area (Å²) in [5, 5.41) is 10.8. The van der Waals surface area contributed by atoms with Gasteiger partial charge in [-0.2, -0.15) is 0 Å². The molecule has 80 valence electrons. The third-order valence-corrected chi connectivity index (χ3v) is 2.24. The second kappa shape index (κ2) is 4.27. The standard InChI is InChI=1S/C9H9ClN2O3/c1-11(2)6-3-8(10)7(5-13)9(4-6)12(14)15/h3-5H,1-2H3. The predicted molar refractivity (Wildman–Crippen MR) is 57.8 cm³/mol. The molecule has 0 atom stereocenters. The number of rotatable bonds is 3. The summed E-state index contributed by atoms with van der Waals surface area (Å²) in [7, 11) is 3.46. The molecule has 6 heteroatoms. The maximum atomic E-state index is 10.7. The van der Waals surface area contributed by atoms with Crippen molar-refractivity contribution in [2.75, 3.05) is 19.0 Å². The Labute approximate surface area is 91.4 Å². The third-order valence-electron chi connectivity index (χ3n) is 1.92. The second-order valence-corrected chi connectivity index (χ2v) is 3.54. The summed E-state index contributed by atoms with van der Waals surface area (Å²) in [4.78, 5) is 22.4. The van der Waals surface area contributed by atoms with E-state index >= 15 is 0 Å². The SMILES string of the molecule is CN(C)c1cc(Cl)c(C=O)c([N+](=O)[O-])c1. The Balaban J connectivity index is 3.45. The Morgan fingerprint density at radius 2 is 2.07 bits per heavy atom. The molecule has 0 fully saturated rings. The lowest BCUT2D eigenvalue weighted by atomic mass is 10.1. The number of carbonyl (C=O) groups is 1. The Morgan fingerprint density at radius 3 is 2.47 bits per heavy atom. The normalized spacial score (nSPS) is 9.80. The summed E-state index contributed by atoms with van der Waals surface area (Å²) in [6.07, 6.45) is 0.389. The second-order valence-electron chi connectivity index (χ2n) is 3.13. The highest BCUT2D eigenvalue weighted by Gasteiger charge is 2.18. The van der Waals surface area contributed by atoms with Gasteiger partial charge in [0.25, 0.3) is 5.69 Å². The van der Waals surface area contributed by atoms with Gasteiger partial charge in [-0.1, -0.05) is 11.6 Å². The van der Waals surface area contributed by atoms with Crippen LogP contribution in [0.1, 0.15) is 10.4 Å². The number of nitrogens with zero attached hydrogens (tertiary/aromatic N) is 2. The molecule has 0 radical (unpaired) electrons. The van der Waals surface area contributed by atoms with Crippen molar-refractivity contribution in [3.8, 4) is 0 Å². The Kier molecular flexibility index (Phi) is 3.26. The number of carbonyl (C=O) groups excluding carboxylic acids is 1. The minimum Gasteiger partial charge on any atom is -0.377 e. The fraction of sp³-hybridized carbons (Fsp3) is 0.222. The minimum atomic E-state index is -0.622. The number of aldehydes is 1. The molecule has 0 aromatic heterocycles. The maximum absolute atomic E-state index is 10.7. The van der Waals surface area contributed by atoms with Gasteiger partial charge >= 0.3 is 0 Å². The van der Waals surface area contributed by atoms with Crippen LogP contribution in [0, 0.1) is 10.1 Å². The molecule has 1 aromatic rings. The van der Waals surface area contributed by atoms with Crippen LogP contribution in [-0.4, -0.2) is 25.3 Å². The molecular weight excluding hydrogens is 220 g/mol. The molecular formula is C9H9ClN2O3. The van der Waals surface area contributed by atoms with Gasteiger partial charge in [-0.3, -0.25) is 14.9 Å². The van der Waals surface area contributed by atoms with Gasteiger partial charge in [-0.05, 0) is 6.07 Å². The van der Waals surface area contributed by atoms with E-state index in [0.717, 1.165) is 0 Å². The summed E-state index contributed by atoms with van der Waals surface area (Å²) in [5.74, 6) is 0. The molecule has 0 heterocycles. The summed E-state index contributed by atoms with van der Waals surface area (Å²) in [6, 6.07) is 2.83. The Bertz CT molecular complexity index is 418. The van der Waals surface area contributed by atoms with Crippen LogP contribution in [0.5, 0.6) is 0 Å². The molecule has 1 rings (SSSR count). The highest BCUT2D eigenvalue weighted by Crippen LogP contribution is 2.30.